The van der Waals surface area contributed by atoms with Crippen molar-refractivity contribution in [2.45, 2.75) is 13.0 Å². The Bertz CT molecular complexity index is 1180. The van der Waals surface area contributed by atoms with Gasteiger partial charge in [0.25, 0.3) is 5.91 Å². The van der Waals surface area contributed by atoms with Crippen molar-refractivity contribution in [3.05, 3.63) is 76.2 Å². The monoisotopic (exact) mass is 417 g/mol. The predicted molar refractivity (Wildman–Crippen MR) is 119 cm³/mol. The standard InChI is InChI=1S/C23H23N5OS/c1-16-3-5-17(6-4-16)23(29)27-11-10-26(2)21(14-27)22-20-8-7-18(13-28(20)25-24-22)19-9-12-30-15-19/h3-9,12-13,15,21H,10-11,14H2,1-2H3/t21-/m1/s1. The van der Waals surface area contributed by atoms with Gasteiger partial charge in [-0.3, -0.25) is 9.69 Å². The number of hydrogen-bond donors (Lipinski definition) is 0. The third-order valence-corrected chi connectivity index (χ3v) is 6.53. The summed E-state index contributed by atoms with van der Waals surface area (Å²) in [6.07, 6.45) is 2.02. The number of nitrogens with zero attached hydrogens (tertiary/aromatic N) is 5. The Balaban J connectivity index is 1.43. The molecule has 4 heterocycles. The van der Waals surface area contributed by atoms with Crippen LogP contribution in [0, 0.1) is 6.92 Å². The number of amides is 1. The van der Waals surface area contributed by atoms with Crippen molar-refractivity contribution in [3.8, 4) is 11.1 Å². The molecule has 7 heteroatoms. The highest BCUT2D eigenvalue weighted by Crippen LogP contribution is 2.29. The lowest BCUT2D eigenvalue weighted by Crippen LogP contribution is -2.49. The zero-order valence-corrected chi connectivity index (χ0v) is 17.8. The Morgan fingerprint density at radius 2 is 1.90 bits per heavy atom. The number of likely N-dealkylation sites (N-methyl/N-ethyl adjacent to an activating group) is 1. The quantitative estimate of drug-likeness (QED) is 0.507. The molecule has 1 fully saturated rings. The molecule has 0 unspecified atom stereocenters. The summed E-state index contributed by atoms with van der Waals surface area (Å²) in [7, 11) is 2.09. The van der Waals surface area contributed by atoms with E-state index in [0.717, 1.165) is 34.4 Å². The molecule has 1 aliphatic rings. The number of benzene rings is 1. The van der Waals surface area contributed by atoms with Gasteiger partial charge in [-0.1, -0.05) is 29.0 Å². The smallest absolute Gasteiger partial charge is 0.253 e. The molecule has 0 aliphatic carbocycles. The van der Waals surface area contributed by atoms with Crippen LogP contribution in [0.25, 0.3) is 16.6 Å². The van der Waals surface area contributed by atoms with Crippen LogP contribution in [0.4, 0.5) is 0 Å². The summed E-state index contributed by atoms with van der Waals surface area (Å²) >= 11 is 1.68. The van der Waals surface area contributed by atoms with Gasteiger partial charge in [0.2, 0.25) is 0 Å². The van der Waals surface area contributed by atoms with Gasteiger partial charge >= 0.3 is 0 Å². The van der Waals surface area contributed by atoms with Gasteiger partial charge in [0, 0.05) is 37.0 Å². The number of aromatic nitrogens is 3. The van der Waals surface area contributed by atoms with E-state index in [9.17, 15) is 4.79 Å². The van der Waals surface area contributed by atoms with Crippen molar-refractivity contribution in [2.75, 3.05) is 26.7 Å². The first-order valence-corrected chi connectivity index (χ1v) is 11.0. The number of pyridine rings is 1. The van der Waals surface area contributed by atoms with Gasteiger partial charge in [0.1, 0.15) is 5.69 Å². The molecule has 1 amide bonds. The van der Waals surface area contributed by atoms with Gasteiger partial charge < -0.3 is 4.90 Å². The van der Waals surface area contributed by atoms with Crippen molar-refractivity contribution in [2.24, 2.45) is 0 Å². The summed E-state index contributed by atoms with van der Waals surface area (Å²) in [6.45, 7) is 4.14. The zero-order valence-electron chi connectivity index (χ0n) is 17.0. The molecule has 3 aromatic heterocycles. The van der Waals surface area contributed by atoms with Crippen LogP contribution in [-0.4, -0.2) is 57.2 Å². The van der Waals surface area contributed by atoms with Crippen molar-refractivity contribution >= 4 is 22.8 Å². The summed E-state index contributed by atoms with van der Waals surface area (Å²) in [5.74, 6) is 0.0734. The van der Waals surface area contributed by atoms with Gasteiger partial charge in [0.15, 0.2) is 0 Å². The molecule has 30 heavy (non-hydrogen) atoms. The molecule has 1 aromatic carbocycles. The van der Waals surface area contributed by atoms with Gasteiger partial charge in [-0.05, 0) is 54.6 Å². The Kier molecular flexibility index (Phi) is 4.84. The molecule has 5 rings (SSSR count). The highest BCUT2D eigenvalue weighted by Gasteiger charge is 2.31. The Hall–Kier alpha value is -3.03. The third kappa shape index (κ3) is 3.40. The number of carbonyl (C=O) groups excluding carboxylic acids is 1. The first-order valence-electron chi connectivity index (χ1n) is 10.0. The van der Waals surface area contributed by atoms with E-state index in [1.54, 1.807) is 11.3 Å². The minimum atomic E-state index is 0.0117. The first-order chi connectivity index (χ1) is 14.6. The van der Waals surface area contributed by atoms with Crippen molar-refractivity contribution in [1.29, 1.82) is 0 Å². The summed E-state index contributed by atoms with van der Waals surface area (Å²) in [5, 5.41) is 13.1. The number of thiophene rings is 1. The number of piperazine rings is 1. The molecule has 1 atom stereocenters. The number of carbonyl (C=O) groups is 1. The molecule has 0 spiro atoms. The predicted octanol–water partition coefficient (Wildman–Crippen LogP) is 3.90. The lowest BCUT2D eigenvalue weighted by Gasteiger charge is -2.38. The minimum Gasteiger partial charge on any atom is -0.335 e. The summed E-state index contributed by atoms with van der Waals surface area (Å²) in [6, 6.07) is 14.1. The molecule has 4 aromatic rings. The molecule has 0 N–H and O–H groups in total. The molecular weight excluding hydrogens is 394 g/mol. The van der Waals surface area contributed by atoms with Gasteiger partial charge in [-0.15, -0.1) is 5.10 Å². The van der Waals surface area contributed by atoms with Crippen molar-refractivity contribution < 1.29 is 4.79 Å². The van der Waals surface area contributed by atoms with E-state index in [-0.39, 0.29) is 11.9 Å². The molecule has 1 aliphatic heterocycles. The van der Waals surface area contributed by atoms with Gasteiger partial charge in [-0.2, -0.15) is 11.3 Å². The third-order valence-electron chi connectivity index (χ3n) is 5.84. The molecular formula is C23H23N5OS. The highest BCUT2D eigenvalue weighted by atomic mass is 32.1. The van der Waals surface area contributed by atoms with Crippen LogP contribution < -0.4 is 0 Å². The minimum absolute atomic E-state index is 0.0117. The second-order valence-corrected chi connectivity index (χ2v) is 8.63. The average molecular weight is 418 g/mol. The zero-order chi connectivity index (χ0) is 20.7. The number of hydrogen-bond acceptors (Lipinski definition) is 5. The summed E-state index contributed by atoms with van der Waals surface area (Å²) in [5.41, 5.74) is 6.08. The van der Waals surface area contributed by atoms with Crippen LogP contribution in [0.2, 0.25) is 0 Å². The van der Waals surface area contributed by atoms with Crippen LogP contribution in [0.1, 0.15) is 27.7 Å². The Labute approximate surface area is 179 Å². The topological polar surface area (TPSA) is 53.7 Å². The highest BCUT2D eigenvalue weighted by molar-refractivity contribution is 7.08. The lowest BCUT2D eigenvalue weighted by atomic mass is 10.1. The maximum absolute atomic E-state index is 13.0. The van der Waals surface area contributed by atoms with Crippen LogP contribution >= 0.6 is 11.3 Å². The number of rotatable bonds is 3. The van der Waals surface area contributed by atoms with E-state index < -0.39 is 0 Å². The molecule has 0 radical (unpaired) electrons. The Morgan fingerprint density at radius 3 is 2.67 bits per heavy atom. The van der Waals surface area contributed by atoms with Gasteiger partial charge in [0.05, 0.1) is 11.6 Å². The van der Waals surface area contributed by atoms with E-state index in [2.05, 4.69) is 51.2 Å². The van der Waals surface area contributed by atoms with E-state index in [1.807, 2.05) is 46.8 Å². The SMILES string of the molecule is Cc1ccc(C(=O)N2CCN(C)[C@@H](c3nnn4cc(-c5ccsc5)ccc34)C2)cc1. The van der Waals surface area contributed by atoms with E-state index in [4.69, 9.17) is 0 Å². The molecule has 6 nitrogen and oxygen atoms in total. The van der Waals surface area contributed by atoms with Crippen molar-refractivity contribution in [3.63, 3.8) is 0 Å². The second-order valence-electron chi connectivity index (χ2n) is 7.85. The first kappa shape index (κ1) is 19.0. The average Bonchev–Trinajstić information content (AvgIpc) is 3.44. The van der Waals surface area contributed by atoms with Crippen LogP contribution in [0.5, 0.6) is 0 Å². The fourth-order valence-electron chi connectivity index (χ4n) is 3.98. The maximum Gasteiger partial charge on any atom is 0.253 e. The fraction of sp³-hybridized carbons (Fsp3) is 0.261. The summed E-state index contributed by atoms with van der Waals surface area (Å²) < 4.78 is 1.84. The summed E-state index contributed by atoms with van der Waals surface area (Å²) in [4.78, 5) is 17.2. The normalized spacial score (nSPS) is 17.5. The van der Waals surface area contributed by atoms with E-state index in [0.29, 0.717) is 13.1 Å². The molecule has 0 saturated carbocycles. The molecule has 152 valence electrons. The molecule has 1 saturated heterocycles. The van der Waals surface area contributed by atoms with E-state index in [1.165, 1.54) is 5.56 Å². The number of fused-ring (bicyclic) bond motifs is 1. The largest absolute Gasteiger partial charge is 0.335 e. The van der Waals surface area contributed by atoms with Crippen LogP contribution in [0.15, 0.2) is 59.4 Å². The lowest BCUT2D eigenvalue weighted by molar-refractivity contribution is 0.0542. The van der Waals surface area contributed by atoms with Crippen molar-refractivity contribution in [1.82, 2.24) is 24.6 Å². The fourth-order valence-corrected chi connectivity index (χ4v) is 4.65. The Morgan fingerprint density at radius 1 is 1.07 bits per heavy atom. The van der Waals surface area contributed by atoms with E-state index >= 15 is 0 Å². The molecule has 0 bridgehead atoms. The maximum atomic E-state index is 13.0. The van der Waals surface area contributed by atoms with Crippen LogP contribution in [-0.2, 0) is 0 Å². The van der Waals surface area contributed by atoms with Crippen LogP contribution in [0.3, 0.4) is 0 Å². The second kappa shape index (κ2) is 7.66. The number of aryl methyl sites for hydroxylation is 1. The van der Waals surface area contributed by atoms with Gasteiger partial charge in [-0.25, -0.2) is 4.52 Å².